The number of nitrogens with one attached hydrogen (secondary N) is 1. The fourth-order valence-electron chi connectivity index (χ4n) is 2.58. The minimum absolute atomic E-state index is 0.0520. The van der Waals surface area contributed by atoms with Crippen LogP contribution in [-0.4, -0.2) is 28.5 Å². The van der Waals surface area contributed by atoms with Gasteiger partial charge < -0.3 is 15.2 Å². The lowest BCUT2D eigenvalue weighted by molar-refractivity contribution is 0.103. The number of hydrogen-bond donors (Lipinski definition) is 2. The van der Waals surface area contributed by atoms with E-state index in [4.69, 9.17) is 16.3 Å². The van der Waals surface area contributed by atoms with E-state index in [0.29, 0.717) is 6.07 Å². The van der Waals surface area contributed by atoms with Crippen molar-refractivity contribution < 1.29 is 27.8 Å². The average molecular weight is 437 g/mol. The monoisotopic (exact) mass is 436 g/mol. The van der Waals surface area contributed by atoms with Gasteiger partial charge >= 0.3 is 0 Å². The lowest BCUT2D eigenvalue weighted by atomic mass is 10.0. The van der Waals surface area contributed by atoms with Crippen LogP contribution in [-0.2, 0) is 0 Å². The highest BCUT2D eigenvalue weighted by molar-refractivity contribution is 6.35. The van der Waals surface area contributed by atoms with Crippen molar-refractivity contribution >= 4 is 23.2 Å². The maximum absolute atomic E-state index is 14.9. The third-order valence-corrected chi connectivity index (χ3v) is 4.30. The number of halogens is 4. The summed E-state index contributed by atoms with van der Waals surface area (Å²) < 4.78 is 47.1. The predicted molar refractivity (Wildman–Crippen MR) is 106 cm³/mol. The molecule has 156 valence electrons. The molecule has 1 atom stereocenters. The zero-order valence-electron chi connectivity index (χ0n) is 15.6. The molecule has 3 aromatic rings. The van der Waals surface area contributed by atoms with Gasteiger partial charge in [0, 0.05) is 24.2 Å². The second-order valence-electron chi connectivity index (χ2n) is 6.38. The summed E-state index contributed by atoms with van der Waals surface area (Å²) >= 11 is 6.05. The first kappa shape index (κ1) is 21.6. The Bertz CT molecular complexity index is 1090. The van der Waals surface area contributed by atoms with Crippen molar-refractivity contribution in [2.24, 2.45) is 0 Å². The topological polar surface area (TPSA) is 71.4 Å². The van der Waals surface area contributed by atoms with Gasteiger partial charge in [0.1, 0.15) is 23.0 Å². The van der Waals surface area contributed by atoms with Crippen molar-refractivity contribution in [1.82, 2.24) is 4.98 Å². The van der Waals surface area contributed by atoms with Crippen LogP contribution in [0.1, 0.15) is 22.8 Å². The molecule has 2 aromatic carbocycles. The molecule has 9 heteroatoms. The van der Waals surface area contributed by atoms with E-state index in [0.717, 1.165) is 18.2 Å². The van der Waals surface area contributed by atoms with Crippen LogP contribution in [0.3, 0.4) is 0 Å². The number of carbonyl (C=O) groups is 1. The quantitative estimate of drug-likeness (QED) is 0.512. The number of aromatic nitrogens is 1. The molecule has 0 fully saturated rings. The van der Waals surface area contributed by atoms with Crippen LogP contribution in [0.15, 0.2) is 48.5 Å². The van der Waals surface area contributed by atoms with Crippen LogP contribution < -0.4 is 10.1 Å². The first-order valence-corrected chi connectivity index (χ1v) is 9.18. The number of anilines is 1. The van der Waals surface area contributed by atoms with E-state index >= 15 is 0 Å². The van der Waals surface area contributed by atoms with Crippen LogP contribution >= 0.6 is 11.6 Å². The Hall–Kier alpha value is -3.10. The van der Waals surface area contributed by atoms with Gasteiger partial charge in [-0.15, -0.1) is 0 Å². The second kappa shape index (κ2) is 9.15. The Kier molecular flexibility index (Phi) is 6.59. The highest BCUT2D eigenvalue weighted by Crippen LogP contribution is 2.30. The van der Waals surface area contributed by atoms with Crippen molar-refractivity contribution in [2.45, 2.75) is 13.0 Å². The molecule has 3 rings (SSSR count). The Morgan fingerprint density at radius 1 is 1.17 bits per heavy atom. The minimum atomic E-state index is -1.01. The molecular formula is C21H16ClF3N2O3. The molecule has 1 unspecified atom stereocenters. The zero-order valence-corrected chi connectivity index (χ0v) is 16.4. The van der Waals surface area contributed by atoms with Gasteiger partial charge in [0.2, 0.25) is 11.7 Å². The van der Waals surface area contributed by atoms with E-state index in [9.17, 15) is 23.1 Å². The largest absolute Gasteiger partial charge is 0.436 e. The number of benzene rings is 2. The Balaban J connectivity index is 2.04. The molecule has 0 amide bonds. The van der Waals surface area contributed by atoms with Crippen molar-refractivity contribution in [3.05, 3.63) is 82.1 Å². The Morgan fingerprint density at radius 2 is 1.90 bits per heavy atom. The maximum atomic E-state index is 14.9. The molecule has 30 heavy (non-hydrogen) atoms. The molecule has 0 aliphatic heterocycles. The number of pyridine rings is 1. The van der Waals surface area contributed by atoms with Crippen LogP contribution in [0.4, 0.5) is 19.0 Å². The van der Waals surface area contributed by atoms with Crippen LogP contribution in [0.5, 0.6) is 11.6 Å². The van der Waals surface area contributed by atoms with Crippen molar-refractivity contribution in [1.29, 1.82) is 0 Å². The van der Waals surface area contributed by atoms with E-state index < -0.39 is 34.9 Å². The second-order valence-corrected chi connectivity index (χ2v) is 6.79. The Labute approximate surface area is 175 Å². The third-order valence-electron chi connectivity index (χ3n) is 3.97. The molecule has 1 heterocycles. The molecular weight excluding hydrogens is 421 g/mol. The van der Waals surface area contributed by atoms with Crippen molar-refractivity contribution in [3.8, 4) is 11.6 Å². The van der Waals surface area contributed by atoms with Crippen LogP contribution in [0, 0.1) is 17.5 Å². The summed E-state index contributed by atoms with van der Waals surface area (Å²) in [4.78, 5) is 16.9. The van der Waals surface area contributed by atoms with Crippen molar-refractivity contribution in [2.75, 3.05) is 11.9 Å². The summed E-state index contributed by atoms with van der Waals surface area (Å²) in [7, 11) is 0. The fraction of sp³-hybridized carbons (Fsp3) is 0.143. The standard InChI is InChI=1S/C21H16ClF3N2O3/c1-11(28)10-26-21-19(20(29)13-4-2-3-5-14(13)22)16(25)9-18(27-21)30-17-7-6-12(23)8-15(17)24/h2-9,11,28H,10H2,1H3,(H,26,27). The first-order chi connectivity index (χ1) is 14.3. The highest BCUT2D eigenvalue weighted by atomic mass is 35.5. The molecule has 5 nitrogen and oxygen atoms in total. The smallest absolute Gasteiger partial charge is 0.224 e. The van der Waals surface area contributed by atoms with E-state index in [1.165, 1.54) is 19.1 Å². The van der Waals surface area contributed by atoms with E-state index in [1.807, 2.05) is 0 Å². The summed E-state index contributed by atoms with van der Waals surface area (Å²) in [5.74, 6) is -4.53. The first-order valence-electron chi connectivity index (χ1n) is 8.81. The number of nitrogens with zero attached hydrogens (tertiary/aromatic N) is 1. The van der Waals surface area contributed by atoms with Crippen LogP contribution in [0.25, 0.3) is 0 Å². The maximum Gasteiger partial charge on any atom is 0.224 e. The van der Waals surface area contributed by atoms with Gasteiger partial charge in [-0.1, -0.05) is 23.7 Å². The summed E-state index contributed by atoms with van der Waals surface area (Å²) in [6, 6.07) is 9.51. The summed E-state index contributed by atoms with van der Waals surface area (Å²) in [6.45, 7) is 1.43. The molecule has 0 saturated heterocycles. The van der Waals surface area contributed by atoms with E-state index in [1.54, 1.807) is 12.1 Å². The van der Waals surface area contributed by atoms with Gasteiger partial charge in [0.15, 0.2) is 11.6 Å². The van der Waals surface area contributed by atoms with Gasteiger partial charge in [-0.25, -0.2) is 13.2 Å². The van der Waals surface area contributed by atoms with Gasteiger partial charge in [0.25, 0.3) is 0 Å². The number of ether oxygens (including phenoxy) is 1. The minimum Gasteiger partial charge on any atom is -0.436 e. The van der Waals surface area contributed by atoms with Gasteiger partial charge in [-0.3, -0.25) is 4.79 Å². The molecule has 2 N–H and O–H groups in total. The predicted octanol–water partition coefficient (Wildman–Crippen LogP) is 4.97. The summed E-state index contributed by atoms with van der Waals surface area (Å²) in [5, 5.41) is 12.3. The Morgan fingerprint density at radius 3 is 2.57 bits per heavy atom. The SMILES string of the molecule is CC(O)CNc1nc(Oc2ccc(F)cc2F)cc(F)c1C(=O)c1ccccc1Cl. The van der Waals surface area contributed by atoms with Gasteiger partial charge in [-0.05, 0) is 31.2 Å². The lowest BCUT2D eigenvalue weighted by Gasteiger charge is -2.15. The number of rotatable bonds is 7. The van der Waals surface area contributed by atoms with Gasteiger partial charge in [-0.2, -0.15) is 4.98 Å². The molecule has 0 spiro atoms. The molecule has 0 bridgehead atoms. The average Bonchev–Trinajstić information content (AvgIpc) is 2.68. The zero-order chi connectivity index (χ0) is 21.8. The fourth-order valence-corrected chi connectivity index (χ4v) is 2.80. The number of hydrogen-bond acceptors (Lipinski definition) is 5. The van der Waals surface area contributed by atoms with Gasteiger partial charge in [0.05, 0.1) is 11.1 Å². The van der Waals surface area contributed by atoms with Crippen molar-refractivity contribution in [3.63, 3.8) is 0 Å². The molecule has 0 radical (unpaired) electrons. The number of aliphatic hydroxyl groups excluding tert-OH is 1. The van der Waals surface area contributed by atoms with E-state index in [2.05, 4.69) is 10.3 Å². The molecule has 0 aliphatic rings. The number of carbonyl (C=O) groups excluding carboxylic acids is 1. The molecule has 0 aliphatic carbocycles. The van der Waals surface area contributed by atoms with E-state index in [-0.39, 0.29) is 34.6 Å². The summed E-state index contributed by atoms with van der Waals surface area (Å²) in [6.07, 6.45) is -0.836. The number of aliphatic hydroxyl groups is 1. The molecule has 1 aromatic heterocycles. The van der Waals surface area contributed by atoms with Crippen LogP contribution in [0.2, 0.25) is 5.02 Å². The normalized spacial score (nSPS) is 11.8. The third kappa shape index (κ3) is 4.90. The summed E-state index contributed by atoms with van der Waals surface area (Å²) in [5.41, 5.74) is -0.367. The molecule has 0 saturated carbocycles. The highest BCUT2D eigenvalue weighted by Gasteiger charge is 2.24. The number of ketones is 1. The lowest BCUT2D eigenvalue weighted by Crippen LogP contribution is -2.19.